The zero-order valence-corrected chi connectivity index (χ0v) is 17.9. The van der Waals surface area contributed by atoms with Gasteiger partial charge in [0.2, 0.25) is 0 Å². The predicted molar refractivity (Wildman–Crippen MR) is 119 cm³/mol. The second-order valence-corrected chi connectivity index (χ2v) is 8.29. The van der Waals surface area contributed by atoms with Crippen molar-refractivity contribution in [3.63, 3.8) is 0 Å². The number of benzene rings is 2. The largest absolute Gasteiger partial charge is 0.461 e. The molecule has 0 amide bonds. The van der Waals surface area contributed by atoms with E-state index in [9.17, 15) is 9.59 Å². The van der Waals surface area contributed by atoms with E-state index >= 15 is 0 Å². The van der Waals surface area contributed by atoms with Crippen LogP contribution >= 0.6 is 0 Å². The highest BCUT2D eigenvalue weighted by Crippen LogP contribution is 2.48. The molecule has 0 aliphatic carbocycles. The zero-order valence-electron chi connectivity index (χ0n) is 17.9. The quantitative estimate of drug-likeness (QED) is 0.286. The minimum Gasteiger partial charge on any atom is -0.461 e. The molecule has 0 radical (unpaired) electrons. The summed E-state index contributed by atoms with van der Waals surface area (Å²) in [6, 6.07) is 17.9. The number of likely N-dealkylation sites (tertiary alicyclic amines) is 1. The monoisotopic (exact) mass is 435 g/mol. The first-order chi connectivity index (χ1) is 15.4. The Hall–Kier alpha value is -3.33. The van der Waals surface area contributed by atoms with Crippen LogP contribution in [-0.4, -0.2) is 54.8 Å². The highest BCUT2D eigenvalue weighted by molar-refractivity contribution is 6.12. The maximum Gasteiger partial charge on any atom is 0.314 e. The second kappa shape index (κ2) is 9.04. The number of hydrogen-bond acceptors (Lipinski definition) is 6. The fraction of sp³-hybridized carbons (Fsp3) is 0.348. The summed E-state index contributed by atoms with van der Waals surface area (Å²) < 4.78 is 17.2. The van der Waals surface area contributed by atoms with E-state index in [1.165, 1.54) is 0 Å². The third-order valence-electron chi connectivity index (χ3n) is 6.08. The zero-order chi connectivity index (χ0) is 22.7. The van der Waals surface area contributed by atoms with Crippen molar-refractivity contribution in [2.24, 2.45) is 11.7 Å². The molecule has 2 aliphatic heterocycles. The van der Waals surface area contributed by atoms with Gasteiger partial charge in [-0.2, -0.15) is 0 Å². The molecule has 2 aliphatic rings. The molecule has 9 heteroatoms. The van der Waals surface area contributed by atoms with Crippen LogP contribution in [0.2, 0.25) is 0 Å². The molecule has 2 fully saturated rings. The van der Waals surface area contributed by atoms with Crippen molar-refractivity contribution in [2.75, 3.05) is 6.54 Å². The van der Waals surface area contributed by atoms with Gasteiger partial charge in [-0.1, -0.05) is 60.7 Å². The third kappa shape index (κ3) is 4.34. The summed E-state index contributed by atoms with van der Waals surface area (Å²) in [6.45, 7) is 0.406. The standard InChI is InChI=1S/C23H26BN3O5/c24-20-19-18(21(29)31-13-16-9-5-2-6-10-16)23(32-20,14-27(19)22(25)26)11-17(28)30-12-15-7-3-1-4-8-15/h1-10,18-20H,11-14,24H2,(H3,25,26)/t18?,19?,20-,23+/m1/s1. The molecule has 32 heavy (non-hydrogen) atoms. The lowest BCUT2D eigenvalue weighted by Crippen LogP contribution is -2.52. The molecule has 2 saturated heterocycles. The summed E-state index contributed by atoms with van der Waals surface area (Å²) in [4.78, 5) is 27.5. The minimum atomic E-state index is -1.16. The van der Waals surface area contributed by atoms with Crippen LogP contribution < -0.4 is 5.73 Å². The number of ether oxygens (including phenoxy) is 3. The summed E-state index contributed by atoms with van der Waals surface area (Å²) in [5.74, 6) is -1.87. The SMILES string of the molecule is B[C@@H]1O[C@@]2(CC(=O)OCc3ccccc3)CN(C(=N)N)C1C2C(=O)OCc1ccccc1. The maximum absolute atomic E-state index is 13.2. The number of carbonyl (C=O) groups is 2. The number of nitrogens with zero attached hydrogens (tertiary/aromatic N) is 1. The van der Waals surface area contributed by atoms with E-state index in [1.807, 2.05) is 68.5 Å². The van der Waals surface area contributed by atoms with Gasteiger partial charge in [0.1, 0.15) is 32.6 Å². The summed E-state index contributed by atoms with van der Waals surface area (Å²) in [5, 5.41) is 7.95. The van der Waals surface area contributed by atoms with Gasteiger partial charge in [-0.05, 0) is 11.1 Å². The molecule has 2 unspecified atom stereocenters. The number of guanidine groups is 1. The topological polar surface area (TPSA) is 115 Å². The van der Waals surface area contributed by atoms with E-state index in [4.69, 9.17) is 25.4 Å². The molecule has 0 aromatic heterocycles. The number of hydrogen-bond donors (Lipinski definition) is 2. The van der Waals surface area contributed by atoms with E-state index in [2.05, 4.69) is 0 Å². The Labute approximate surface area is 187 Å². The lowest BCUT2D eigenvalue weighted by molar-refractivity contribution is -0.161. The molecule has 8 nitrogen and oxygen atoms in total. The molecule has 3 N–H and O–H groups in total. The highest BCUT2D eigenvalue weighted by Gasteiger charge is 2.66. The number of nitrogens with one attached hydrogen (secondary N) is 1. The Balaban J connectivity index is 1.49. The van der Waals surface area contributed by atoms with Crippen LogP contribution in [0.4, 0.5) is 0 Å². The molecule has 4 rings (SSSR count). The Morgan fingerprint density at radius 1 is 1.06 bits per heavy atom. The van der Waals surface area contributed by atoms with E-state index in [1.54, 1.807) is 4.90 Å². The minimum absolute atomic E-state index is 0.117. The van der Waals surface area contributed by atoms with Gasteiger partial charge in [0.05, 0.1) is 19.0 Å². The number of carbonyl (C=O) groups excluding carboxylic acids is 2. The van der Waals surface area contributed by atoms with E-state index in [0.29, 0.717) is 0 Å². The lowest BCUT2D eigenvalue weighted by Gasteiger charge is -2.36. The normalized spacial score (nSPS) is 26.0. The molecular formula is C23H26BN3O5. The summed E-state index contributed by atoms with van der Waals surface area (Å²) in [6.07, 6.45) is -0.129. The van der Waals surface area contributed by atoms with Crippen molar-refractivity contribution in [3.8, 4) is 0 Å². The average molecular weight is 435 g/mol. The van der Waals surface area contributed by atoms with Crippen LogP contribution in [0.1, 0.15) is 17.5 Å². The van der Waals surface area contributed by atoms with Crippen LogP contribution in [0, 0.1) is 11.3 Å². The second-order valence-electron chi connectivity index (χ2n) is 8.29. The van der Waals surface area contributed by atoms with Crippen LogP contribution in [0.5, 0.6) is 0 Å². The Morgan fingerprint density at radius 2 is 1.62 bits per heavy atom. The van der Waals surface area contributed by atoms with Crippen molar-refractivity contribution in [1.29, 1.82) is 5.41 Å². The Morgan fingerprint density at radius 3 is 2.19 bits per heavy atom. The fourth-order valence-electron chi connectivity index (χ4n) is 4.72. The predicted octanol–water partition coefficient (Wildman–Crippen LogP) is 0.785. The summed E-state index contributed by atoms with van der Waals surface area (Å²) in [7, 11) is 1.81. The van der Waals surface area contributed by atoms with Gasteiger partial charge < -0.3 is 24.8 Å². The number of nitrogens with two attached hydrogens (primary N) is 1. The van der Waals surface area contributed by atoms with Crippen molar-refractivity contribution in [1.82, 2.24) is 4.90 Å². The van der Waals surface area contributed by atoms with Crippen molar-refractivity contribution in [2.45, 2.75) is 37.3 Å². The molecule has 4 atom stereocenters. The van der Waals surface area contributed by atoms with E-state index < -0.39 is 35.5 Å². The Bertz CT molecular complexity index is 990. The number of esters is 2. The third-order valence-corrected chi connectivity index (χ3v) is 6.08. The van der Waals surface area contributed by atoms with Gasteiger partial charge in [0, 0.05) is 6.00 Å². The van der Waals surface area contributed by atoms with Gasteiger partial charge in [-0.25, -0.2) is 0 Å². The molecule has 2 aromatic carbocycles. The molecule has 2 aromatic rings. The van der Waals surface area contributed by atoms with Gasteiger partial charge in [0.25, 0.3) is 0 Å². The molecule has 0 spiro atoms. The van der Waals surface area contributed by atoms with Gasteiger partial charge in [-0.15, -0.1) is 0 Å². The first-order valence-electron chi connectivity index (χ1n) is 10.6. The first kappa shape index (κ1) is 21.9. The van der Waals surface area contributed by atoms with Crippen molar-refractivity contribution < 1.29 is 23.8 Å². The van der Waals surface area contributed by atoms with Crippen molar-refractivity contribution >= 4 is 25.7 Å². The van der Waals surface area contributed by atoms with E-state index in [0.717, 1.165) is 11.1 Å². The average Bonchev–Trinajstić information content (AvgIpc) is 3.26. The maximum atomic E-state index is 13.2. The van der Waals surface area contributed by atoms with Gasteiger partial charge in [0.15, 0.2) is 5.96 Å². The number of morpholine rings is 1. The molecule has 2 bridgehead atoms. The fourth-order valence-corrected chi connectivity index (χ4v) is 4.72. The smallest absolute Gasteiger partial charge is 0.314 e. The Kier molecular flexibility index (Phi) is 6.18. The molecule has 0 saturated carbocycles. The lowest BCUT2D eigenvalue weighted by atomic mass is 9.82. The summed E-state index contributed by atoms with van der Waals surface area (Å²) >= 11 is 0. The van der Waals surface area contributed by atoms with Crippen LogP contribution in [0.3, 0.4) is 0 Å². The number of rotatable bonds is 7. The summed E-state index contributed by atoms with van der Waals surface area (Å²) in [5.41, 5.74) is 6.36. The molecule has 166 valence electrons. The van der Waals surface area contributed by atoms with Crippen LogP contribution in [-0.2, 0) is 37.0 Å². The van der Waals surface area contributed by atoms with E-state index in [-0.39, 0.29) is 32.1 Å². The highest BCUT2D eigenvalue weighted by atomic mass is 16.6. The first-order valence-corrected chi connectivity index (χ1v) is 10.6. The van der Waals surface area contributed by atoms with Crippen LogP contribution in [0.25, 0.3) is 0 Å². The van der Waals surface area contributed by atoms with Crippen molar-refractivity contribution in [3.05, 3.63) is 71.8 Å². The van der Waals surface area contributed by atoms with Gasteiger partial charge >= 0.3 is 11.9 Å². The van der Waals surface area contributed by atoms with Crippen LogP contribution in [0.15, 0.2) is 60.7 Å². The molecular weight excluding hydrogens is 409 g/mol. The van der Waals surface area contributed by atoms with Gasteiger partial charge in [-0.3, -0.25) is 15.0 Å². The molecule has 2 heterocycles. The number of fused-ring (bicyclic) bond motifs is 2.